The summed E-state index contributed by atoms with van der Waals surface area (Å²) in [5.74, 6) is 2.08. The predicted octanol–water partition coefficient (Wildman–Crippen LogP) is 2.56. The summed E-state index contributed by atoms with van der Waals surface area (Å²) in [6.07, 6.45) is 6.13. The van der Waals surface area contributed by atoms with E-state index in [2.05, 4.69) is 51.0 Å². The van der Waals surface area contributed by atoms with Crippen LogP contribution in [0.2, 0.25) is 0 Å². The van der Waals surface area contributed by atoms with E-state index in [1.54, 1.807) is 0 Å². The van der Waals surface area contributed by atoms with Crippen LogP contribution in [0, 0.1) is 0 Å². The van der Waals surface area contributed by atoms with Gasteiger partial charge in [0.2, 0.25) is 0 Å². The van der Waals surface area contributed by atoms with Gasteiger partial charge in [0.25, 0.3) is 0 Å². The Kier molecular flexibility index (Phi) is 9.00. The highest BCUT2D eigenvalue weighted by Gasteiger charge is 2.30. The Balaban J connectivity index is 0.00000256. The maximum atomic E-state index is 5.66. The maximum absolute atomic E-state index is 5.66. The molecule has 0 aliphatic carbocycles. The molecule has 2 unspecified atom stereocenters. The lowest BCUT2D eigenvalue weighted by molar-refractivity contribution is 0.0529. The average molecular weight is 528 g/mol. The Bertz CT molecular complexity index is 696. The van der Waals surface area contributed by atoms with Gasteiger partial charge in [0.15, 0.2) is 5.96 Å². The second-order valence-corrected chi connectivity index (χ2v) is 8.45. The van der Waals surface area contributed by atoms with Crippen molar-refractivity contribution in [1.82, 2.24) is 20.1 Å². The molecule has 1 aromatic rings. The van der Waals surface area contributed by atoms with Crippen molar-refractivity contribution in [2.45, 2.75) is 51.8 Å². The average Bonchev–Trinajstić information content (AvgIpc) is 3.43. The van der Waals surface area contributed by atoms with E-state index in [0.29, 0.717) is 12.6 Å². The van der Waals surface area contributed by atoms with Crippen molar-refractivity contribution in [2.75, 3.05) is 57.3 Å². The van der Waals surface area contributed by atoms with Crippen LogP contribution in [0.15, 0.2) is 23.3 Å². The van der Waals surface area contributed by atoms with Gasteiger partial charge in [-0.3, -0.25) is 4.90 Å². The number of anilines is 1. The molecule has 4 heterocycles. The molecule has 0 bridgehead atoms. The number of pyridine rings is 1. The summed E-state index contributed by atoms with van der Waals surface area (Å²) in [6.45, 7) is 13.1. The first-order valence-electron chi connectivity index (χ1n) is 11.3. The molecule has 0 saturated carbocycles. The van der Waals surface area contributed by atoms with Gasteiger partial charge < -0.3 is 19.9 Å². The first kappa shape index (κ1) is 23.5. The first-order chi connectivity index (χ1) is 14.2. The van der Waals surface area contributed by atoms with Gasteiger partial charge in [-0.15, -0.1) is 24.0 Å². The first-order valence-corrected chi connectivity index (χ1v) is 11.3. The number of aromatic nitrogens is 1. The Morgan fingerprint density at radius 3 is 2.83 bits per heavy atom. The number of halogens is 1. The van der Waals surface area contributed by atoms with Crippen LogP contribution in [0.3, 0.4) is 0 Å². The second kappa shape index (κ2) is 11.5. The molecule has 0 amide bonds. The Labute approximate surface area is 198 Å². The topological polar surface area (TPSA) is 56.2 Å². The van der Waals surface area contributed by atoms with Crippen molar-refractivity contribution in [2.24, 2.45) is 4.99 Å². The fourth-order valence-electron chi connectivity index (χ4n) is 4.69. The van der Waals surface area contributed by atoms with Gasteiger partial charge in [0.05, 0.1) is 19.3 Å². The molecule has 3 saturated heterocycles. The van der Waals surface area contributed by atoms with Gasteiger partial charge >= 0.3 is 0 Å². The van der Waals surface area contributed by atoms with Crippen molar-refractivity contribution in [3.63, 3.8) is 0 Å². The summed E-state index contributed by atoms with van der Waals surface area (Å²) in [4.78, 5) is 17.0. The Hall–Kier alpha value is -1.13. The number of aliphatic imine (C=N–C) groups is 1. The zero-order chi connectivity index (χ0) is 20.1. The largest absolute Gasteiger partial charge is 0.375 e. The number of hydrogen-bond donors (Lipinski definition) is 1. The zero-order valence-corrected chi connectivity index (χ0v) is 20.8. The van der Waals surface area contributed by atoms with Gasteiger partial charge in [-0.1, -0.05) is 0 Å². The van der Waals surface area contributed by atoms with Crippen molar-refractivity contribution >= 4 is 35.8 Å². The summed E-state index contributed by atoms with van der Waals surface area (Å²) >= 11 is 0. The molecule has 168 valence electrons. The molecule has 8 heteroatoms. The van der Waals surface area contributed by atoms with Gasteiger partial charge in [0.1, 0.15) is 5.82 Å². The highest BCUT2D eigenvalue weighted by Crippen LogP contribution is 2.21. The van der Waals surface area contributed by atoms with Crippen molar-refractivity contribution in [3.8, 4) is 0 Å². The summed E-state index contributed by atoms with van der Waals surface area (Å²) < 4.78 is 5.66. The van der Waals surface area contributed by atoms with Crippen LogP contribution >= 0.6 is 24.0 Å². The van der Waals surface area contributed by atoms with Gasteiger partial charge in [-0.05, 0) is 63.9 Å². The minimum atomic E-state index is 0. The highest BCUT2D eigenvalue weighted by atomic mass is 127. The quantitative estimate of drug-likeness (QED) is 0.360. The zero-order valence-electron chi connectivity index (χ0n) is 18.4. The molecule has 0 radical (unpaired) electrons. The van der Waals surface area contributed by atoms with E-state index in [1.807, 2.05) is 6.20 Å². The molecule has 3 aliphatic heterocycles. The molecule has 1 N–H and O–H groups in total. The minimum Gasteiger partial charge on any atom is -0.375 e. The molecule has 7 nitrogen and oxygen atoms in total. The summed E-state index contributed by atoms with van der Waals surface area (Å²) in [5, 5.41) is 3.50. The lowest BCUT2D eigenvalue weighted by Gasteiger charge is -2.32. The molecule has 3 aliphatic rings. The van der Waals surface area contributed by atoms with E-state index in [9.17, 15) is 0 Å². The molecule has 4 rings (SSSR count). The molecule has 30 heavy (non-hydrogen) atoms. The van der Waals surface area contributed by atoms with E-state index in [-0.39, 0.29) is 30.1 Å². The third-order valence-electron chi connectivity index (χ3n) is 6.24. The van der Waals surface area contributed by atoms with Crippen LogP contribution in [0.4, 0.5) is 5.82 Å². The van der Waals surface area contributed by atoms with E-state index >= 15 is 0 Å². The van der Waals surface area contributed by atoms with Crippen LogP contribution in [0.1, 0.15) is 38.7 Å². The van der Waals surface area contributed by atoms with Gasteiger partial charge in [-0.25, -0.2) is 9.98 Å². The fraction of sp³-hybridized carbons (Fsp3) is 0.727. The summed E-state index contributed by atoms with van der Waals surface area (Å²) in [7, 11) is 0. The number of nitrogens with zero attached hydrogens (tertiary/aromatic N) is 5. The highest BCUT2D eigenvalue weighted by molar-refractivity contribution is 14.0. The third kappa shape index (κ3) is 5.97. The van der Waals surface area contributed by atoms with Crippen LogP contribution in [0.25, 0.3) is 0 Å². The van der Waals surface area contributed by atoms with Crippen molar-refractivity contribution in [3.05, 3.63) is 23.9 Å². The smallest absolute Gasteiger partial charge is 0.194 e. The fourth-order valence-corrected chi connectivity index (χ4v) is 4.69. The van der Waals surface area contributed by atoms with Crippen LogP contribution in [0.5, 0.6) is 0 Å². The van der Waals surface area contributed by atoms with Crippen LogP contribution < -0.4 is 10.2 Å². The van der Waals surface area contributed by atoms with Crippen LogP contribution in [-0.4, -0.2) is 85.3 Å². The van der Waals surface area contributed by atoms with Gasteiger partial charge in [-0.2, -0.15) is 0 Å². The Morgan fingerprint density at radius 2 is 2.07 bits per heavy atom. The standard InChI is InChI=1S/C22H36N6O.HI/c1-3-23-22(28-11-7-20(17-28)26-9-4-5-10-26)25-15-19-6-8-24-21(14-19)27-12-13-29-18(2)16-27;/h6,8,14,18,20H,3-5,7,9-13,15-17H2,1-2H3,(H,23,25);1H. The second-order valence-electron chi connectivity index (χ2n) is 8.45. The molecule has 3 fully saturated rings. The van der Waals surface area contributed by atoms with E-state index < -0.39 is 0 Å². The molecular weight excluding hydrogens is 491 g/mol. The molecule has 2 atom stereocenters. The van der Waals surface area contributed by atoms with E-state index in [0.717, 1.165) is 51.1 Å². The predicted molar refractivity (Wildman–Crippen MR) is 133 cm³/mol. The SMILES string of the molecule is CCNC(=NCc1ccnc(N2CCOC(C)C2)c1)N1CCC(N2CCCC2)C1.I. The van der Waals surface area contributed by atoms with Crippen LogP contribution in [-0.2, 0) is 11.3 Å². The van der Waals surface area contributed by atoms with E-state index in [4.69, 9.17) is 9.73 Å². The normalized spacial score (nSPS) is 25.5. The monoisotopic (exact) mass is 528 g/mol. The molecular formula is C22H37IN6O. The number of nitrogens with one attached hydrogen (secondary N) is 1. The lowest BCUT2D eigenvalue weighted by Crippen LogP contribution is -2.42. The third-order valence-corrected chi connectivity index (χ3v) is 6.24. The van der Waals surface area contributed by atoms with E-state index in [1.165, 1.54) is 37.9 Å². The van der Waals surface area contributed by atoms with Crippen molar-refractivity contribution < 1.29 is 4.74 Å². The number of hydrogen-bond acceptors (Lipinski definition) is 5. The Morgan fingerprint density at radius 1 is 1.23 bits per heavy atom. The molecule has 1 aromatic heterocycles. The number of morpholine rings is 1. The lowest BCUT2D eigenvalue weighted by atomic mass is 10.2. The number of likely N-dealkylation sites (tertiary alicyclic amines) is 2. The molecule has 0 aromatic carbocycles. The van der Waals surface area contributed by atoms with Gasteiger partial charge in [0, 0.05) is 45.0 Å². The summed E-state index contributed by atoms with van der Waals surface area (Å²) in [5.41, 5.74) is 1.21. The number of ether oxygens (including phenoxy) is 1. The minimum absolute atomic E-state index is 0. The maximum Gasteiger partial charge on any atom is 0.194 e. The summed E-state index contributed by atoms with van der Waals surface area (Å²) in [6, 6.07) is 4.96. The molecule has 0 spiro atoms. The number of rotatable bonds is 5. The van der Waals surface area contributed by atoms with Crippen molar-refractivity contribution in [1.29, 1.82) is 0 Å². The number of guanidine groups is 1.